The summed E-state index contributed by atoms with van der Waals surface area (Å²) < 4.78 is 0. The van der Waals surface area contributed by atoms with E-state index in [4.69, 9.17) is 0 Å². The molecule has 2 rings (SSSR count). The van der Waals surface area contributed by atoms with Gasteiger partial charge in [-0.25, -0.2) is 0 Å². The normalized spacial score (nSPS) is 14.1. The highest BCUT2D eigenvalue weighted by molar-refractivity contribution is 5.25. The summed E-state index contributed by atoms with van der Waals surface area (Å²) >= 11 is 0. The molecular weight excluding hydrogens is 260 g/mol. The first-order valence-corrected chi connectivity index (χ1v) is 7.39. The third kappa shape index (κ3) is 4.38. The van der Waals surface area contributed by atoms with Gasteiger partial charge in [0, 0.05) is 36.8 Å². The molecule has 0 bridgehead atoms. The fraction of sp³-hybridized carbons (Fsp3) is 0.389. The highest BCUT2D eigenvalue weighted by Crippen LogP contribution is 2.24. The monoisotopic (exact) mass is 284 g/mol. The van der Waals surface area contributed by atoms with E-state index >= 15 is 0 Å². The first-order valence-electron chi connectivity index (χ1n) is 7.39. The van der Waals surface area contributed by atoms with Gasteiger partial charge in [0.15, 0.2) is 0 Å². The van der Waals surface area contributed by atoms with Gasteiger partial charge in [-0.15, -0.1) is 0 Å². The maximum Gasteiger partial charge on any atom is 0.0537 e. The summed E-state index contributed by atoms with van der Waals surface area (Å²) in [5, 5.41) is 9.83. The van der Waals surface area contributed by atoms with Crippen molar-refractivity contribution in [3.63, 3.8) is 0 Å². The first-order chi connectivity index (χ1) is 10.1. The number of rotatable bonds is 7. The van der Waals surface area contributed by atoms with Crippen LogP contribution in [0.25, 0.3) is 0 Å². The van der Waals surface area contributed by atoms with Crippen molar-refractivity contribution in [3.05, 3.63) is 66.0 Å². The molecule has 0 amide bonds. The van der Waals surface area contributed by atoms with Crippen molar-refractivity contribution in [3.8, 4) is 0 Å². The van der Waals surface area contributed by atoms with E-state index in [-0.39, 0.29) is 12.0 Å². The highest BCUT2D eigenvalue weighted by atomic mass is 16.3. The van der Waals surface area contributed by atoms with E-state index in [0.717, 1.165) is 25.2 Å². The Morgan fingerprint density at radius 1 is 1.10 bits per heavy atom. The molecule has 0 saturated carbocycles. The minimum atomic E-state index is -0.236. The van der Waals surface area contributed by atoms with Gasteiger partial charge in [0.2, 0.25) is 0 Å². The number of aromatic nitrogens is 1. The van der Waals surface area contributed by atoms with Crippen LogP contribution in [0.15, 0.2) is 54.7 Å². The van der Waals surface area contributed by atoms with Crippen molar-refractivity contribution in [2.24, 2.45) is 0 Å². The molecule has 1 N–H and O–H groups in total. The van der Waals surface area contributed by atoms with E-state index in [1.54, 1.807) is 0 Å². The lowest BCUT2D eigenvalue weighted by Gasteiger charge is -2.32. The molecule has 0 saturated heterocycles. The average molecular weight is 284 g/mol. The zero-order chi connectivity index (χ0) is 15.1. The summed E-state index contributed by atoms with van der Waals surface area (Å²) in [6, 6.07) is 16.2. The van der Waals surface area contributed by atoms with Crippen LogP contribution >= 0.6 is 0 Å². The first kappa shape index (κ1) is 15.7. The van der Waals surface area contributed by atoms with Gasteiger partial charge in [0.25, 0.3) is 0 Å². The summed E-state index contributed by atoms with van der Waals surface area (Å²) in [6.45, 7) is 4.00. The van der Waals surface area contributed by atoms with Crippen LogP contribution in [0.3, 0.4) is 0 Å². The Morgan fingerprint density at radius 2 is 1.81 bits per heavy atom. The molecule has 1 heterocycles. The van der Waals surface area contributed by atoms with Gasteiger partial charge in [-0.05, 0) is 24.7 Å². The SMILES string of the molecule is CN(CCc1ccccn1)CC(C)(CO)c1ccccc1. The number of nitrogens with zero attached hydrogens (tertiary/aromatic N) is 2. The molecule has 1 aromatic carbocycles. The van der Waals surface area contributed by atoms with Gasteiger partial charge in [-0.1, -0.05) is 43.3 Å². The zero-order valence-corrected chi connectivity index (χ0v) is 12.9. The molecule has 2 aromatic rings. The highest BCUT2D eigenvalue weighted by Gasteiger charge is 2.27. The second kappa shape index (κ2) is 7.34. The molecule has 3 heteroatoms. The lowest BCUT2D eigenvalue weighted by atomic mass is 9.83. The summed E-state index contributed by atoms with van der Waals surface area (Å²) in [5.41, 5.74) is 2.05. The molecule has 112 valence electrons. The Morgan fingerprint density at radius 3 is 2.43 bits per heavy atom. The molecular formula is C18H24N2O. The second-order valence-corrected chi connectivity index (χ2v) is 5.89. The molecule has 21 heavy (non-hydrogen) atoms. The quantitative estimate of drug-likeness (QED) is 0.848. The average Bonchev–Trinajstić information content (AvgIpc) is 2.54. The standard InChI is InChI=1S/C18H24N2O/c1-18(15-21,16-8-4-3-5-9-16)14-20(2)13-11-17-10-6-7-12-19-17/h3-10,12,21H,11,13-15H2,1-2H3. The molecule has 0 radical (unpaired) electrons. The van der Waals surface area contributed by atoms with E-state index in [2.05, 4.69) is 42.1 Å². The summed E-state index contributed by atoms with van der Waals surface area (Å²) in [5.74, 6) is 0. The van der Waals surface area contributed by atoms with E-state index < -0.39 is 0 Å². The minimum Gasteiger partial charge on any atom is -0.395 e. The molecule has 1 atom stereocenters. The van der Waals surface area contributed by atoms with Crippen LogP contribution < -0.4 is 0 Å². The number of aliphatic hydroxyl groups excluding tert-OH is 1. The second-order valence-electron chi connectivity index (χ2n) is 5.89. The van der Waals surface area contributed by atoms with Gasteiger partial charge in [0.1, 0.15) is 0 Å². The third-order valence-corrected chi connectivity index (χ3v) is 3.91. The lowest BCUT2D eigenvalue weighted by Crippen LogP contribution is -2.40. The predicted octanol–water partition coefficient (Wildman–Crippen LogP) is 2.51. The largest absolute Gasteiger partial charge is 0.395 e. The van der Waals surface area contributed by atoms with Crippen LogP contribution in [0.5, 0.6) is 0 Å². The minimum absolute atomic E-state index is 0.144. The van der Waals surface area contributed by atoms with Crippen LogP contribution in [0.1, 0.15) is 18.2 Å². The fourth-order valence-electron chi connectivity index (χ4n) is 2.60. The Labute approximate surface area is 127 Å². The number of hydrogen-bond donors (Lipinski definition) is 1. The lowest BCUT2D eigenvalue weighted by molar-refractivity contribution is 0.159. The topological polar surface area (TPSA) is 36.4 Å². The van der Waals surface area contributed by atoms with Crippen LogP contribution in [0, 0.1) is 0 Å². The van der Waals surface area contributed by atoms with Crippen molar-refractivity contribution >= 4 is 0 Å². The maximum atomic E-state index is 9.83. The molecule has 0 fully saturated rings. The molecule has 3 nitrogen and oxygen atoms in total. The van der Waals surface area contributed by atoms with Crippen LogP contribution in [0.4, 0.5) is 0 Å². The maximum absolute atomic E-state index is 9.83. The third-order valence-electron chi connectivity index (χ3n) is 3.91. The Bertz CT molecular complexity index is 529. The summed E-state index contributed by atoms with van der Waals surface area (Å²) in [6.07, 6.45) is 2.75. The predicted molar refractivity (Wildman–Crippen MR) is 86.3 cm³/mol. The summed E-state index contributed by atoms with van der Waals surface area (Å²) in [4.78, 5) is 6.61. The fourth-order valence-corrected chi connectivity index (χ4v) is 2.60. The van der Waals surface area contributed by atoms with Gasteiger partial charge in [0.05, 0.1) is 6.61 Å². The Kier molecular flexibility index (Phi) is 5.48. The molecule has 1 unspecified atom stereocenters. The van der Waals surface area contributed by atoms with Gasteiger partial charge >= 0.3 is 0 Å². The van der Waals surface area contributed by atoms with Crippen molar-refractivity contribution in [2.75, 3.05) is 26.7 Å². The van der Waals surface area contributed by atoms with E-state index in [9.17, 15) is 5.11 Å². The van der Waals surface area contributed by atoms with E-state index in [1.165, 1.54) is 5.56 Å². The molecule has 0 aliphatic carbocycles. The number of benzene rings is 1. The van der Waals surface area contributed by atoms with E-state index in [1.807, 2.05) is 36.5 Å². The van der Waals surface area contributed by atoms with Crippen LogP contribution in [-0.4, -0.2) is 41.7 Å². The van der Waals surface area contributed by atoms with Gasteiger partial charge in [-0.3, -0.25) is 4.98 Å². The molecule has 0 aliphatic heterocycles. The van der Waals surface area contributed by atoms with Crippen LogP contribution in [0.2, 0.25) is 0 Å². The number of pyridine rings is 1. The summed E-state index contributed by atoms with van der Waals surface area (Å²) in [7, 11) is 2.10. The van der Waals surface area contributed by atoms with Crippen molar-refractivity contribution in [2.45, 2.75) is 18.8 Å². The molecule has 0 spiro atoms. The van der Waals surface area contributed by atoms with Gasteiger partial charge in [-0.2, -0.15) is 0 Å². The number of likely N-dealkylation sites (N-methyl/N-ethyl adjacent to an activating group) is 1. The van der Waals surface area contributed by atoms with E-state index in [0.29, 0.717) is 0 Å². The number of hydrogen-bond acceptors (Lipinski definition) is 3. The Balaban J connectivity index is 1.95. The number of aliphatic hydroxyl groups is 1. The smallest absolute Gasteiger partial charge is 0.0537 e. The van der Waals surface area contributed by atoms with Crippen LogP contribution in [-0.2, 0) is 11.8 Å². The molecule has 0 aliphatic rings. The van der Waals surface area contributed by atoms with Crippen molar-refractivity contribution in [1.82, 2.24) is 9.88 Å². The van der Waals surface area contributed by atoms with Crippen molar-refractivity contribution < 1.29 is 5.11 Å². The molecule has 1 aromatic heterocycles. The Hall–Kier alpha value is -1.71. The van der Waals surface area contributed by atoms with Crippen molar-refractivity contribution in [1.29, 1.82) is 0 Å². The van der Waals surface area contributed by atoms with Gasteiger partial charge < -0.3 is 10.0 Å². The zero-order valence-electron chi connectivity index (χ0n) is 12.9.